The third-order valence-corrected chi connectivity index (χ3v) is 10.8. The van der Waals surface area contributed by atoms with E-state index < -0.39 is 13.9 Å². The van der Waals surface area contributed by atoms with E-state index in [0.717, 1.165) is 116 Å². The maximum absolute atomic E-state index is 12.7. The van der Waals surface area contributed by atoms with Crippen molar-refractivity contribution in [1.29, 1.82) is 0 Å². The molecule has 9 heteroatoms. The summed E-state index contributed by atoms with van der Waals surface area (Å²) in [6, 6.07) is 0. The molecule has 2 unspecified atom stereocenters. The van der Waals surface area contributed by atoms with Crippen molar-refractivity contribution in [3.05, 3.63) is 109 Å². The minimum atomic E-state index is -4.55. The summed E-state index contributed by atoms with van der Waals surface area (Å²) in [5, 5.41) is 0. The van der Waals surface area contributed by atoms with Crippen LogP contribution in [0.3, 0.4) is 0 Å². The van der Waals surface area contributed by atoms with Crippen molar-refractivity contribution < 1.29 is 37.3 Å². The maximum atomic E-state index is 12.7. The number of hydrogen-bond acceptors (Lipinski definition) is 7. The number of phosphoric acid groups is 1. The second-order valence-corrected chi connectivity index (χ2v) is 18.5. The van der Waals surface area contributed by atoms with Crippen LogP contribution in [-0.2, 0) is 27.9 Å². The summed E-state index contributed by atoms with van der Waals surface area (Å²) < 4.78 is 34.7. The molecule has 0 aromatic heterocycles. The van der Waals surface area contributed by atoms with Crippen molar-refractivity contribution in [1.82, 2.24) is 0 Å². The Morgan fingerprint density at radius 2 is 0.873 bits per heavy atom. The number of unbranched alkanes of at least 4 members (excludes halogenated alkanes) is 12. The quantitative estimate of drug-likeness (QED) is 0.0198. The standard InChI is InChI=1S/C54H92NO7P/c1-6-8-10-12-14-16-18-20-22-24-25-26-27-28-29-30-32-34-36-38-40-42-44-46-49-59-51-53(52-61-63(57,58)60-50-48-55(3,4)5)62-54(56)47-45-43-41-39-37-35-33-31-23-21-19-17-15-13-11-9-7-2/h8-11,14-17,20-23,25-26,28-29,33,35,53H,6-7,12-13,18-19,24,27,30-32,34,36-52H2,1-5H3/b10-8-,11-9-,16-14-,17-15-,22-20-,23-21-,26-25-,29-28-,35-33-. The number of carbonyl (C=O) groups excluding carboxylic acids is 1. The third-order valence-electron chi connectivity index (χ3n) is 9.82. The van der Waals surface area contributed by atoms with Crippen molar-refractivity contribution in [2.24, 2.45) is 0 Å². The van der Waals surface area contributed by atoms with Crippen LogP contribution in [0.15, 0.2) is 109 Å². The van der Waals surface area contributed by atoms with Crippen LogP contribution in [0.1, 0.15) is 168 Å². The third kappa shape index (κ3) is 50.0. The average Bonchev–Trinajstić information content (AvgIpc) is 3.24. The fraction of sp³-hybridized carbons (Fsp3) is 0.648. The van der Waals surface area contributed by atoms with E-state index in [1.165, 1.54) is 32.1 Å². The molecule has 63 heavy (non-hydrogen) atoms. The van der Waals surface area contributed by atoms with Gasteiger partial charge in [-0.3, -0.25) is 9.36 Å². The first kappa shape index (κ1) is 60.2. The minimum absolute atomic E-state index is 0.0125. The number of phosphoric ester groups is 1. The highest BCUT2D eigenvalue weighted by Crippen LogP contribution is 2.38. The Kier molecular flexibility index (Phi) is 43.7. The van der Waals surface area contributed by atoms with Crippen molar-refractivity contribution >= 4 is 13.8 Å². The Bertz CT molecular complexity index is 1370. The number of likely N-dealkylation sites (N-methyl/N-ethyl adjacent to an activating group) is 1. The zero-order valence-corrected chi connectivity index (χ0v) is 41.6. The van der Waals surface area contributed by atoms with Crippen LogP contribution in [0, 0.1) is 0 Å². The van der Waals surface area contributed by atoms with Crippen LogP contribution < -0.4 is 4.89 Å². The van der Waals surface area contributed by atoms with Gasteiger partial charge in [0.2, 0.25) is 0 Å². The van der Waals surface area contributed by atoms with Gasteiger partial charge >= 0.3 is 5.97 Å². The number of esters is 1. The second-order valence-electron chi connectivity index (χ2n) is 17.1. The molecule has 0 radical (unpaired) electrons. The van der Waals surface area contributed by atoms with Gasteiger partial charge in [-0.15, -0.1) is 0 Å². The molecule has 0 aliphatic carbocycles. The lowest BCUT2D eigenvalue weighted by Gasteiger charge is -2.28. The molecule has 0 saturated heterocycles. The van der Waals surface area contributed by atoms with Crippen LogP contribution in [0.4, 0.5) is 0 Å². The van der Waals surface area contributed by atoms with E-state index in [1.54, 1.807) is 0 Å². The summed E-state index contributed by atoms with van der Waals surface area (Å²) in [5.74, 6) is -0.365. The van der Waals surface area contributed by atoms with E-state index >= 15 is 0 Å². The first-order chi connectivity index (χ1) is 30.6. The molecule has 0 N–H and O–H groups in total. The molecule has 0 amide bonds. The summed E-state index contributed by atoms with van der Waals surface area (Å²) in [5.41, 5.74) is 0. The molecule has 0 aliphatic heterocycles. The molecular weight excluding hydrogens is 806 g/mol. The van der Waals surface area contributed by atoms with Crippen LogP contribution in [0.25, 0.3) is 0 Å². The molecule has 0 fully saturated rings. The van der Waals surface area contributed by atoms with E-state index in [1.807, 2.05) is 21.1 Å². The fourth-order valence-electron chi connectivity index (χ4n) is 6.09. The van der Waals surface area contributed by atoms with E-state index in [2.05, 4.69) is 123 Å². The van der Waals surface area contributed by atoms with Crippen LogP contribution >= 0.6 is 7.82 Å². The van der Waals surface area contributed by atoms with Crippen LogP contribution in [-0.4, -0.2) is 70.7 Å². The molecule has 360 valence electrons. The predicted molar refractivity (Wildman–Crippen MR) is 268 cm³/mol. The molecule has 0 spiro atoms. The predicted octanol–water partition coefficient (Wildman–Crippen LogP) is 14.5. The van der Waals surface area contributed by atoms with Gasteiger partial charge in [0, 0.05) is 13.0 Å². The topological polar surface area (TPSA) is 94.1 Å². The lowest BCUT2D eigenvalue weighted by atomic mass is 10.1. The summed E-state index contributed by atoms with van der Waals surface area (Å²) in [6.07, 6.45) is 63.9. The van der Waals surface area contributed by atoms with E-state index in [-0.39, 0.29) is 32.2 Å². The Labute approximate surface area is 387 Å². The maximum Gasteiger partial charge on any atom is 0.306 e. The largest absolute Gasteiger partial charge is 0.756 e. The normalized spacial score (nSPS) is 14.6. The molecule has 2 atom stereocenters. The zero-order chi connectivity index (χ0) is 46.2. The van der Waals surface area contributed by atoms with E-state index in [0.29, 0.717) is 17.6 Å². The van der Waals surface area contributed by atoms with Gasteiger partial charge < -0.3 is 27.9 Å². The average molecular weight is 898 g/mol. The monoisotopic (exact) mass is 898 g/mol. The van der Waals surface area contributed by atoms with E-state index in [9.17, 15) is 14.3 Å². The molecule has 0 aromatic rings. The van der Waals surface area contributed by atoms with Crippen molar-refractivity contribution in [2.75, 3.05) is 54.1 Å². The van der Waals surface area contributed by atoms with Gasteiger partial charge in [0.05, 0.1) is 34.4 Å². The highest BCUT2D eigenvalue weighted by molar-refractivity contribution is 7.45. The summed E-state index contributed by atoms with van der Waals surface area (Å²) >= 11 is 0. The van der Waals surface area contributed by atoms with Gasteiger partial charge in [0.15, 0.2) is 0 Å². The van der Waals surface area contributed by atoms with Gasteiger partial charge in [-0.25, -0.2) is 0 Å². The lowest BCUT2D eigenvalue weighted by molar-refractivity contribution is -0.870. The lowest BCUT2D eigenvalue weighted by Crippen LogP contribution is -2.37. The van der Waals surface area contributed by atoms with Gasteiger partial charge in [0.1, 0.15) is 19.3 Å². The molecule has 0 rings (SSSR count). The van der Waals surface area contributed by atoms with E-state index in [4.69, 9.17) is 18.5 Å². The van der Waals surface area contributed by atoms with Crippen molar-refractivity contribution in [2.45, 2.75) is 174 Å². The van der Waals surface area contributed by atoms with Crippen LogP contribution in [0.5, 0.6) is 0 Å². The Balaban J connectivity index is 4.24. The molecule has 0 bridgehead atoms. The van der Waals surface area contributed by atoms with Gasteiger partial charge in [-0.2, -0.15) is 0 Å². The Hall–Kier alpha value is -2.84. The van der Waals surface area contributed by atoms with Gasteiger partial charge in [-0.1, -0.05) is 175 Å². The SMILES string of the molecule is CC/C=C\C/C=C\C/C=C\C/C=C\C/C=C\CCCCCCCCCCOCC(COP(=O)([O-])OCC[N+](C)(C)C)OC(=O)CCCCCC/C=C\C/C=C\C/C=C\C/C=C\CC. The number of ether oxygens (including phenoxy) is 2. The van der Waals surface area contributed by atoms with Crippen molar-refractivity contribution in [3.63, 3.8) is 0 Å². The number of hydrogen-bond donors (Lipinski definition) is 0. The first-order valence-electron chi connectivity index (χ1n) is 24.6. The zero-order valence-electron chi connectivity index (χ0n) is 40.7. The number of carbonyl (C=O) groups is 1. The molecule has 8 nitrogen and oxygen atoms in total. The Morgan fingerprint density at radius 3 is 1.30 bits per heavy atom. The first-order valence-corrected chi connectivity index (χ1v) is 26.1. The van der Waals surface area contributed by atoms with Gasteiger partial charge in [-0.05, 0) is 96.3 Å². The molecule has 0 saturated carbocycles. The molecular formula is C54H92NO7P. The Morgan fingerprint density at radius 1 is 0.492 bits per heavy atom. The van der Waals surface area contributed by atoms with Crippen LogP contribution in [0.2, 0.25) is 0 Å². The summed E-state index contributed by atoms with van der Waals surface area (Å²) in [7, 11) is 1.31. The summed E-state index contributed by atoms with van der Waals surface area (Å²) in [4.78, 5) is 25.1. The highest BCUT2D eigenvalue weighted by atomic mass is 31.2. The smallest absolute Gasteiger partial charge is 0.306 e. The van der Waals surface area contributed by atoms with Crippen molar-refractivity contribution in [3.8, 4) is 0 Å². The number of rotatable bonds is 44. The second kappa shape index (κ2) is 45.7. The fourth-order valence-corrected chi connectivity index (χ4v) is 6.82. The minimum Gasteiger partial charge on any atom is -0.756 e. The van der Waals surface area contributed by atoms with Gasteiger partial charge in [0.25, 0.3) is 7.82 Å². The number of nitrogens with zero attached hydrogens (tertiary/aromatic N) is 1. The molecule has 0 heterocycles. The number of allylic oxidation sites excluding steroid dienone is 18. The molecule has 0 aliphatic rings. The number of quaternary nitrogens is 1. The highest BCUT2D eigenvalue weighted by Gasteiger charge is 2.20. The summed E-state index contributed by atoms with van der Waals surface area (Å²) in [6.45, 7) is 5.10. The molecule has 0 aromatic carbocycles.